The molecule has 3 saturated carbocycles. The van der Waals surface area contributed by atoms with Crippen LogP contribution in [0.15, 0.2) is 0 Å². The van der Waals surface area contributed by atoms with Crippen LogP contribution in [0.1, 0.15) is 51.9 Å². The molecule has 1 N–H and O–H groups in total. The summed E-state index contributed by atoms with van der Waals surface area (Å²) in [6.07, 6.45) is 5.66. The molecular weight excluding hydrogens is 477 g/mol. The summed E-state index contributed by atoms with van der Waals surface area (Å²) >= 11 is -0.0866. The van der Waals surface area contributed by atoms with Gasteiger partial charge in [-0.1, -0.05) is 6.42 Å². The van der Waals surface area contributed by atoms with Crippen molar-refractivity contribution in [2.75, 3.05) is 0 Å². The van der Waals surface area contributed by atoms with E-state index in [2.05, 4.69) is 3.53 Å². The minimum absolute atomic E-state index is 0.0224. The predicted molar refractivity (Wildman–Crippen MR) is 92.0 cm³/mol. The van der Waals surface area contributed by atoms with E-state index in [0.29, 0.717) is 10.5 Å². The van der Waals surface area contributed by atoms with Crippen LogP contribution in [-0.2, 0) is 28.6 Å². The van der Waals surface area contributed by atoms with Crippen molar-refractivity contribution in [3.8, 4) is 0 Å². The van der Waals surface area contributed by atoms with E-state index >= 15 is 0 Å². The first-order chi connectivity index (χ1) is 13.6. The van der Waals surface area contributed by atoms with Crippen LogP contribution in [0.5, 0.6) is 0 Å². The van der Waals surface area contributed by atoms with E-state index in [-0.39, 0.29) is 69.3 Å². The zero-order valence-electron chi connectivity index (χ0n) is 16.0. The number of hydrogen-bond acceptors (Lipinski definition) is 7. The van der Waals surface area contributed by atoms with Crippen LogP contribution in [0.3, 0.4) is 0 Å². The molecule has 28 heavy (non-hydrogen) atoms. The van der Waals surface area contributed by atoms with E-state index in [1.54, 1.807) is 0 Å². The van der Waals surface area contributed by atoms with Crippen molar-refractivity contribution < 1.29 is 50.1 Å². The van der Waals surface area contributed by atoms with Crippen LogP contribution < -0.4 is 25.0 Å². The van der Waals surface area contributed by atoms with E-state index in [1.807, 2.05) is 6.92 Å². The average molecular weight is 504 g/mol. The first-order valence-corrected chi connectivity index (χ1v) is 12.9. The Morgan fingerprint density at radius 3 is 2.64 bits per heavy atom. The zero-order chi connectivity index (χ0) is 19.4. The third kappa shape index (κ3) is 3.14. The van der Waals surface area contributed by atoms with Crippen LogP contribution in [-0.4, -0.2) is 40.3 Å². The molecule has 8 heteroatoms. The molecule has 8 atom stereocenters. The maximum absolute atomic E-state index is 13.0. The van der Waals surface area contributed by atoms with Crippen molar-refractivity contribution >= 4 is 17.9 Å². The van der Waals surface area contributed by atoms with Crippen LogP contribution in [0.4, 0.5) is 0 Å². The Kier molecular flexibility index (Phi) is 5.05. The molecule has 5 aliphatic rings. The van der Waals surface area contributed by atoms with Crippen molar-refractivity contribution in [1.29, 1.82) is 0 Å². The Morgan fingerprint density at radius 1 is 1.21 bits per heavy atom. The van der Waals surface area contributed by atoms with Gasteiger partial charge >= 0.3 is 169 Å². The molecule has 5 rings (SSSR count). The van der Waals surface area contributed by atoms with Crippen molar-refractivity contribution in [2.24, 2.45) is 29.6 Å². The number of hydrogen-bond donors (Lipinski definition) is 1. The fraction of sp³-hybridized carbons (Fsp3) is 0.850. The molecule has 2 saturated heterocycles. The monoisotopic (exact) mass is 504 g/mol. The molecule has 0 aromatic rings. The van der Waals surface area contributed by atoms with Gasteiger partial charge in [-0.15, -0.1) is 0 Å². The molecule has 0 radical (unpaired) electrons. The molecular formula is C20H27INO6-. The molecule has 2 heterocycles. The Morgan fingerprint density at radius 2 is 1.96 bits per heavy atom. The molecule has 0 aromatic carbocycles. The summed E-state index contributed by atoms with van der Waals surface area (Å²) in [6.45, 7) is 1.99. The van der Waals surface area contributed by atoms with Gasteiger partial charge in [0.2, 0.25) is 0 Å². The van der Waals surface area contributed by atoms with Gasteiger partial charge in [-0.25, -0.2) is 0 Å². The molecule has 8 unspecified atom stereocenters. The summed E-state index contributed by atoms with van der Waals surface area (Å²) in [7, 11) is 0. The minimum atomic E-state index is -0.525. The molecule has 0 aromatic heterocycles. The van der Waals surface area contributed by atoms with Crippen LogP contribution in [0.25, 0.3) is 0 Å². The summed E-state index contributed by atoms with van der Waals surface area (Å²) in [5.41, 5.74) is 0. The number of ether oxygens (including phenoxy) is 3. The van der Waals surface area contributed by atoms with Gasteiger partial charge in [0.1, 0.15) is 0 Å². The predicted octanol–water partition coefficient (Wildman–Crippen LogP) is -1.46. The normalized spacial score (nSPS) is 42.5. The first-order valence-electron chi connectivity index (χ1n) is 10.6. The topological polar surface area (TPSA) is 101 Å². The Balaban J connectivity index is 1.31. The van der Waals surface area contributed by atoms with E-state index in [0.717, 1.165) is 32.1 Å². The fourth-order valence-corrected chi connectivity index (χ4v) is 7.68. The Bertz CT molecular complexity index is 676. The summed E-state index contributed by atoms with van der Waals surface area (Å²) in [5, 5.41) is 0. The van der Waals surface area contributed by atoms with Crippen molar-refractivity contribution in [1.82, 2.24) is 3.53 Å². The second-order valence-corrected chi connectivity index (χ2v) is 11.3. The molecule has 5 fully saturated rings. The number of esters is 3. The first kappa shape index (κ1) is 19.1. The van der Waals surface area contributed by atoms with Crippen molar-refractivity contribution in [2.45, 2.75) is 74.2 Å². The van der Waals surface area contributed by atoms with E-state index in [9.17, 15) is 14.4 Å². The van der Waals surface area contributed by atoms with Gasteiger partial charge in [0.25, 0.3) is 0 Å². The zero-order valence-corrected chi connectivity index (χ0v) is 18.1. The number of carbonyl (C=O) groups is 3. The van der Waals surface area contributed by atoms with E-state index in [4.69, 9.17) is 14.2 Å². The van der Waals surface area contributed by atoms with Gasteiger partial charge < -0.3 is 0 Å². The molecule has 7 nitrogen and oxygen atoms in total. The van der Waals surface area contributed by atoms with E-state index in [1.165, 1.54) is 6.42 Å². The van der Waals surface area contributed by atoms with E-state index < -0.39 is 17.9 Å². The van der Waals surface area contributed by atoms with Gasteiger partial charge in [-0.3, -0.25) is 0 Å². The van der Waals surface area contributed by atoms with Gasteiger partial charge in [-0.05, 0) is 0 Å². The summed E-state index contributed by atoms with van der Waals surface area (Å²) in [4.78, 5) is 38.2. The quantitative estimate of drug-likeness (QED) is 0.0898. The van der Waals surface area contributed by atoms with Crippen molar-refractivity contribution in [3.63, 3.8) is 0 Å². The summed E-state index contributed by atoms with van der Waals surface area (Å²) < 4.78 is 20.9. The molecule has 3 aliphatic carbocycles. The number of alkyl halides is 1. The van der Waals surface area contributed by atoms with Gasteiger partial charge in [-0.2, -0.15) is 0 Å². The summed E-state index contributed by atoms with van der Waals surface area (Å²) in [5.74, 6) is -2.08. The van der Waals surface area contributed by atoms with Gasteiger partial charge in [0.15, 0.2) is 0 Å². The average Bonchev–Trinajstić information content (AvgIpc) is 3.28. The second-order valence-electron chi connectivity index (χ2n) is 8.75. The number of fused-ring (bicyclic) bond motifs is 1. The molecule has 0 amide bonds. The number of carbonyl (C=O) groups excluding carboxylic acids is 3. The van der Waals surface area contributed by atoms with Crippen LogP contribution >= 0.6 is 0 Å². The van der Waals surface area contributed by atoms with Crippen LogP contribution in [0.2, 0.25) is 0 Å². The van der Waals surface area contributed by atoms with Gasteiger partial charge in [0.05, 0.1) is 0 Å². The second kappa shape index (κ2) is 7.41. The number of halogens is 1. The maximum atomic E-state index is 13.0. The molecule has 156 valence electrons. The number of nitrogens with one attached hydrogen (secondary N) is 1. The standard InChI is InChI=1S/C20H27INO6/c1-2-10(17-21-22-17)18(23)27-15-11-8-12-14(20(25)28-16(12)15)13(11)19(24)26-9-6-4-3-5-7-9/h9-17,22H,2-8H2,1H3/q-1. The van der Waals surface area contributed by atoms with Crippen LogP contribution in [0, 0.1) is 29.6 Å². The number of rotatable bonds is 6. The molecule has 2 bridgehead atoms. The fourth-order valence-electron chi connectivity index (χ4n) is 5.80. The van der Waals surface area contributed by atoms with Gasteiger partial charge in [0, 0.05) is 0 Å². The molecule has 0 spiro atoms. The van der Waals surface area contributed by atoms with Crippen molar-refractivity contribution in [3.05, 3.63) is 0 Å². The molecule has 2 aliphatic heterocycles. The third-order valence-electron chi connectivity index (χ3n) is 7.24. The SMILES string of the molecule is CCC(C(=O)OC1C2CC3C1OC(=O)C3C2C(=O)OC1CCCCC1)C1N[I-]1. The Labute approximate surface area is 175 Å². The Hall–Kier alpha value is -0.900. The third-order valence-corrected chi connectivity index (χ3v) is 9.45. The summed E-state index contributed by atoms with van der Waals surface area (Å²) in [6, 6.07) is 0.